The second kappa shape index (κ2) is 19.7. The Morgan fingerprint density at radius 2 is 0.938 bits per heavy atom. The highest BCUT2D eigenvalue weighted by molar-refractivity contribution is 5.94. The van der Waals surface area contributed by atoms with E-state index < -0.39 is 84.3 Å². The maximum atomic E-state index is 14.0. The van der Waals surface area contributed by atoms with E-state index in [1.165, 1.54) is 78.9 Å². The molecule has 5 atom stereocenters. The first-order chi connectivity index (χ1) is 31.6. The van der Waals surface area contributed by atoms with Gasteiger partial charge in [0, 0.05) is 6.07 Å². The summed E-state index contributed by atoms with van der Waals surface area (Å²) in [5, 5.41) is 11.1. The summed E-state index contributed by atoms with van der Waals surface area (Å²) in [6.07, 6.45) is -8.29. The SMILES string of the molecule is O=C(OC[C@H]1O[C@@H](Oc2ccc3c(O)c(OC(=O)c4ccccc4)c(=O)oc3c2)[C@H](OC(=O)c2ccccc2)[C@@H](OC(=O)c2ccccc2)[C@@H]1OC(=O)c1ccccc1)c1ccccc1. The van der Waals surface area contributed by atoms with Gasteiger partial charge in [0.2, 0.25) is 12.4 Å². The smallest absolute Gasteiger partial charge is 0.383 e. The molecule has 2 heterocycles. The molecular weight excluding hydrogens is 841 g/mol. The van der Waals surface area contributed by atoms with Crippen LogP contribution in [0.25, 0.3) is 11.0 Å². The monoisotopic (exact) mass is 876 g/mol. The van der Waals surface area contributed by atoms with Crippen LogP contribution in [0.4, 0.5) is 0 Å². The number of aromatic hydroxyl groups is 1. The van der Waals surface area contributed by atoms with Crippen LogP contribution in [0, 0.1) is 0 Å². The number of esters is 5. The van der Waals surface area contributed by atoms with Gasteiger partial charge in [-0.25, -0.2) is 28.8 Å². The molecule has 1 aromatic heterocycles. The summed E-state index contributed by atoms with van der Waals surface area (Å²) in [5.74, 6) is -5.96. The molecule has 7 aromatic rings. The van der Waals surface area contributed by atoms with Crippen molar-refractivity contribution in [2.75, 3.05) is 6.61 Å². The van der Waals surface area contributed by atoms with E-state index in [-0.39, 0.29) is 44.5 Å². The van der Waals surface area contributed by atoms with Crippen molar-refractivity contribution < 1.29 is 66.7 Å². The van der Waals surface area contributed by atoms with E-state index in [0.717, 1.165) is 0 Å². The lowest BCUT2D eigenvalue weighted by Crippen LogP contribution is -2.63. The summed E-state index contributed by atoms with van der Waals surface area (Å²) >= 11 is 0. The van der Waals surface area contributed by atoms with Gasteiger partial charge in [-0.1, -0.05) is 91.0 Å². The van der Waals surface area contributed by atoms with Crippen molar-refractivity contribution in [3.05, 3.63) is 208 Å². The van der Waals surface area contributed by atoms with E-state index in [0.29, 0.717) is 0 Å². The number of ether oxygens (including phenoxy) is 7. The molecule has 1 aliphatic rings. The van der Waals surface area contributed by atoms with Crippen molar-refractivity contribution >= 4 is 40.8 Å². The molecule has 0 aliphatic carbocycles. The van der Waals surface area contributed by atoms with E-state index >= 15 is 0 Å². The lowest BCUT2D eigenvalue weighted by molar-refractivity contribution is -0.275. The van der Waals surface area contributed by atoms with Crippen LogP contribution in [-0.2, 0) is 23.7 Å². The Hall–Kier alpha value is -8.56. The van der Waals surface area contributed by atoms with Gasteiger partial charge < -0.3 is 42.7 Å². The molecule has 6 aromatic carbocycles. The molecule has 0 saturated carbocycles. The van der Waals surface area contributed by atoms with Crippen LogP contribution in [0.1, 0.15) is 51.8 Å². The quantitative estimate of drug-likeness (QED) is 0.0684. The average molecular weight is 877 g/mol. The number of carbonyl (C=O) groups excluding carboxylic acids is 5. The average Bonchev–Trinajstić information content (AvgIpc) is 3.35. The van der Waals surface area contributed by atoms with Gasteiger partial charge in [0.1, 0.15) is 24.0 Å². The lowest BCUT2D eigenvalue weighted by Gasteiger charge is -2.44. The van der Waals surface area contributed by atoms with Gasteiger partial charge in [0.25, 0.3) is 5.75 Å². The van der Waals surface area contributed by atoms with Crippen molar-refractivity contribution in [3.8, 4) is 17.2 Å². The first-order valence-electron chi connectivity index (χ1n) is 20.0. The second-order valence-electron chi connectivity index (χ2n) is 14.3. The number of hydrogen-bond donors (Lipinski definition) is 1. The Bertz CT molecular complexity index is 2870. The molecule has 0 spiro atoms. The molecule has 15 heteroatoms. The van der Waals surface area contributed by atoms with Crippen molar-refractivity contribution in [1.82, 2.24) is 0 Å². The highest BCUT2D eigenvalue weighted by Gasteiger charge is 2.54. The fraction of sp³-hybridized carbons (Fsp3) is 0.120. The highest BCUT2D eigenvalue weighted by Crippen LogP contribution is 2.36. The minimum absolute atomic E-state index is 0.0577. The van der Waals surface area contributed by atoms with Gasteiger partial charge in [0.15, 0.2) is 18.0 Å². The zero-order valence-corrected chi connectivity index (χ0v) is 33.9. The maximum Gasteiger partial charge on any atom is 0.383 e. The van der Waals surface area contributed by atoms with Crippen molar-refractivity contribution in [2.24, 2.45) is 0 Å². The second-order valence-corrected chi connectivity index (χ2v) is 14.3. The summed E-state index contributed by atoms with van der Waals surface area (Å²) in [6, 6.07) is 43.3. The third-order valence-corrected chi connectivity index (χ3v) is 10.0. The molecule has 0 amide bonds. The van der Waals surface area contributed by atoms with Crippen LogP contribution >= 0.6 is 0 Å². The van der Waals surface area contributed by atoms with Crippen LogP contribution in [0.2, 0.25) is 0 Å². The van der Waals surface area contributed by atoms with Gasteiger partial charge in [0.05, 0.1) is 33.2 Å². The minimum Gasteiger partial charge on any atom is -0.504 e. The molecule has 8 rings (SSSR count). The molecule has 0 unspecified atom stereocenters. The number of fused-ring (bicyclic) bond motifs is 1. The van der Waals surface area contributed by atoms with E-state index in [1.807, 2.05) is 0 Å². The largest absolute Gasteiger partial charge is 0.504 e. The van der Waals surface area contributed by atoms with Gasteiger partial charge in [-0.2, -0.15) is 0 Å². The van der Waals surface area contributed by atoms with E-state index in [1.54, 1.807) is 91.0 Å². The molecule has 1 aliphatic heterocycles. The van der Waals surface area contributed by atoms with Crippen LogP contribution in [0.5, 0.6) is 17.2 Å². The van der Waals surface area contributed by atoms with Crippen LogP contribution in [-0.4, -0.2) is 72.3 Å². The number of benzene rings is 6. The molecule has 65 heavy (non-hydrogen) atoms. The zero-order valence-electron chi connectivity index (χ0n) is 33.9. The fourth-order valence-electron chi connectivity index (χ4n) is 6.79. The number of rotatable bonds is 13. The minimum atomic E-state index is -1.74. The Labute approximate surface area is 369 Å². The number of carbonyl (C=O) groups is 5. The zero-order chi connectivity index (χ0) is 45.3. The molecule has 1 saturated heterocycles. The van der Waals surface area contributed by atoms with Gasteiger partial charge in [-0.3, -0.25) is 0 Å². The fourth-order valence-corrected chi connectivity index (χ4v) is 6.79. The Morgan fingerprint density at radius 1 is 0.508 bits per heavy atom. The molecule has 15 nitrogen and oxygen atoms in total. The molecule has 326 valence electrons. The van der Waals surface area contributed by atoms with Crippen molar-refractivity contribution in [1.29, 1.82) is 0 Å². The van der Waals surface area contributed by atoms with Crippen LogP contribution in [0.3, 0.4) is 0 Å². The van der Waals surface area contributed by atoms with E-state index in [4.69, 9.17) is 37.6 Å². The summed E-state index contributed by atoms with van der Waals surface area (Å²) in [7, 11) is 0. The molecule has 1 fully saturated rings. The van der Waals surface area contributed by atoms with Gasteiger partial charge in [-0.05, 0) is 72.8 Å². The topological polar surface area (TPSA) is 200 Å². The standard InChI is InChI=1S/C50H36O15/c51-39-36-27-26-35(28-37(36)60-49(57)41(39)63-46(54)32-20-10-3-11-21-32)59-50-43(65-48(56)34-24-14-5-15-25-34)42(64-47(55)33-22-12-4-13-23-33)40(62-45(53)31-18-8-2-9-19-31)38(61-50)29-58-44(52)30-16-6-1-7-17-30/h1-28,38,40,42-43,50-51H,29H2/t38-,40-,42+,43-,50-/m1/s1. The third-order valence-electron chi connectivity index (χ3n) is 10.0. The Morgan fingerprint density at radius 3 is 1.43 bits per heavy atom. The molecule has 0 bridgehead atoms. The summed E-state index contributed by atoms with van der Waals surface area (Å²) in [6.45, 7) is -0.607. The van der Waals surface area contributed by atoms with Crippen molar-refractivity contribution in [2.45, 2.75) is 30.7 Å². The van der Waals surface area contributed by atoms with Crippen molar-refractivity contribution in [3.63, 3.8) is 0 Å². The van der Waals surface area contributed by atoms with E-state index in [2.05, 4.69) is 0 Å². The Balaban J connectivity index is 1.19. The predicted molar refractivity (Wildman–Crippen MR) is 228 cm³/mol. The summed E-state index contributed by atoms with van der Waals surface area (Å²) in [5.41, 5.74) is -0.844. The van der Waals surface area contributed by atoms with Gasteiger partial charge in [-0.15, -0.1) is 0 Å². The third kappa shape index (κ3) is 10.1. The van der Waals surface area contributed by atoms with Crippen LogP contribution in [0.15, 0.2) is 179 Å². The molecular formula is C50H36O15. The maximum absolute atomic E-state index is 14.0. The summed E-state index contributed by atoms with van der Waals surface area (Å²) in [4.78, 5) is 80.9. The molecule has 0 radical (unpaired) electrons. The number of hydrogen-bond acceptors (Lipinski definition) is 15. The summed E-state index contributed by atoms with van der Waals surface area (Å²) < 4.78 is 47.3. The predicted octanol–water partition coefficient (Wildman–Crippen LogP) is 7.36. The van der Waals surface area contributed by atoms with Gasteiger partial charge >= 0.3 is 35.5 Å². The highest BCUT2D eigenvalue weighted by atomic mass is 16.7. The molecule has 1 N–H and O–H groups in total. The first-order valence-corrected chi connectivity index (χ1v) is 20.0. The van der Waals surface area contributed by atoms with Crippen LogP contribution < -0.4 is 15.1 Å². The van der Waals surface area contributed by atoms with E-state index in [9.17, 15) is 33.9 Å². The Kier molecular flexibility index (Phi) is 13.0. The lowest BCUT2D eigenvalue weighted by atomic mass is 9.97. The first kappa shape index (κ1) is 43.1. The normalized spacial score (nSPS) is 17.8.